The van der Waals surface area contributed by atoms with Crippen LogP contribution in [0.15, 0.2) is 42.5 Å². The van der Waals surface area contributed by atoms with Crippen LogP contribution < -0.4 is 10.0 Å². The minimum absolute atomic E-state index is 0.234. The van der Waals surface area contributed by atoms with Crippen molar-refractivity contribution in [1.82, 2.24) is 5.32 Å². The molecule has 0 bridgehead atoms. The van der Waals surface area contributed by atoms with Crippen LogP contribution in [0.3, 0.4) is 0 Å². The van der Waals surface area contributed by atoms with Gasteiger partial charge in [-0.15, -0.1) is 0 Å². The van der Waals surface area contributed by atoms with E-state index in [1.165, 1.54) is 30.3 Å². The first-order valence-corrected chi connectivity index (χ1v) is 8.88. The lowest BCUT2D eigenvalue weighted by Crippen LogP contribution is -2.26. The molecule has 0 saturated heterocycles. The van der Waals surface area contributed by atoms with E-state index in [1.54, 1.807) is 6.92 Å². The summed E-state index contributed by atoms with van der Waals surface area (Å²) in [5.41, 5.74) is 0.899. The molecule has 0 fully saturated rings. The highest BCUT2D eigenvalue weighted by atomic mass is 32.2. The zero-order valence-electron chi connectivity index (χ0n) is 13.0. The second kappa shape index (κ2) is 6.96. The summed E-state index contributed by atoms with van der Waals surface area (Å²) in [7, 11) is -3.45. The monoisotopic (exact) mass is 354 g/mol. The summed E-state index contributed by atoms with van der Waals surface area (Å²) in [4.78, 5) is 12.2. The van der Waals surface area contributed by atoms with Gasteiger partial charge in [-0.1, -0.05) is 12.1 Å². The van der Waals surface area contributed by atoms with Crippen LogP contribution in [-0.2, 0) is 10.0 Å². The first-order chi connectivity index (χ1) is 11.2. The molecule has 2 rings (SSSR count). The van der Waals surface area contributed by atoms with Gasteiger partial charge < -0.3 is 5.32 Å². The van der Waals surface area contributed by atoms with Crippen molar-refractivity contribution in [3.8, 4) is 0 Å². The fourth-order valence-electron chi connectivity index (χ4n) is 2.08. The Morgan fingerprint density at radius 1 is 1.08 bits per heavy atom. The lowest BCUT2D eigenvalue weighted by molar-refractivity contribution is 0.0940. The summed E-state index contributed by atoms with van der Waals surface area (Å²) < 4.78 is 50.9. The van der Waals surface area contributed by atoms with Crippen LogP contribution in [0.1, 0.15) is 28.9 Å². The van der Waals surface area contributed by atoms with Crippen molar-refractivity contribution in [3.63, 3.8) is 0 Å². The molecular formula is C16H16F2N2O3S. The third-order valence-electron chi connectivity index (χ3n) is 3.22. The van der Waals surface area contributed by atoms with E-state index in [2.05, 4.69) is 10.0 Å². The van der Waals surface area contributed by atoms with Gasteiger partial charge in [0.25, 0.3) is 5.91 Å². The van der Waals surface area contributed by atoms with Crippen LogP contribution in [0, 0.1) is 11.6 Å². The summed E-state index contributed by atoms with van der Waals surface area (Å²) in [6.07, 6.45) is 1.00. The van der Waals surface area contributed by atoms with E-state index in [0.717, 1.165) is 18.4 Å². The van der Waals surface area contributed by atoms with Gasteiger partial charge in [-0.2, -0.15) is 0 Å². The maximum absolute atomic E-state index is 13.3. The van der Waals surface area contributed by atoms with Gasteiger partial charge in [0.15, 0.2) is 11.6 Å². The van der Waals surface area contributed by atoms with Crippen molar-refractivity contribution in [2.45, 2.75) is 13.0 Å². The zero-order valence-corrected chi connectivity index (χ0v) is 13.8. The van der Waals surface area contributed by atoms with Gasteiger partial charge in [0, 0.05) is 11.3 Å². The Balaban J connectivity index is 2.14. The van der Waals surface area contributed by atoms with E-state index < -0.39 is 33.6 Å². The lowest BCUT2D eigenvalue weighted by atomic mass is 10.1. The predicted octanol–water partition coefficient (Wildman–Crippen LogP) is 2.83. The molecule has 5 nitrogen and oxygen atoms in total. The Bertz CT molecular complexity index is 869. The molecule has 2 aromatic rings. The van der Waals surface area contributed by atoms with Crippen LogP contribution in [0.2, 0.25) is 0 Å². The molecule has 24 heavy (non-hydrogen) atoms. The number of rotatable bonds is 5. The number of benzene rings is 2. The van der Waals surface area contributed by atoms with Crippen LogP contribution in [0.5, 0.6) is 0 Å². The van der Waals surface area contributed by atoms with Gasteiger partial charge in [0.05, 0.1) is 12.3 Å². The Morgan fingerprint density at radius 2 is 1.79 bits per heavy atom. The molecule has 2 aromatic carbocycles. The standard InChI is InChI=1S/C16H16F2N2O3S/c1-10(11-6-7-14(17)15(18)9-11)19-16(21)12-4-3-5-13(8-12)20-24(2,22)23/h3-10,20H,1-2H3,(H,19,21). The molecule has 1 atom stereocenters. The summed E-state index contributed by atoms with van der Waals surface area (Å²) in [5.74, 6) is -2.42. The first kappa shape index (κ1) is 17.9. The molecule has 0 aliphatic rings. The molecular weight excluding hydrogens is 338 g/mol. The number of anilines is 1. The van der Waals surface area contributed by atoms with Crippen molar-refractivity contribution in [2.75, 3.05) is 11.0 Å². The summed E-state index contributed by atoms with van der Waals surface area (Å²) in [6.45, 7) is 1.63. The lowest BCUT2D eigenvalue weighted by Gasteiger charge is -2.15. The minimum atomic E-state index is -3.45. The maximum atomic E-state index is 13.3. The highest BCUT2D eigenvalue weighted by Gasteiger charge is 2.14. The molecule has 1 unspecified atom stereocenters. The third-order valence-corrected chi connectivity index (χ3v) is 3.83. The summed E-state index contributed by atoms with van der Waals surface area (Å²) in [6, 6.07) is 8.77. The summed E-state index contributed by atoms with van der Waals surface area (Å²) >= 11 is 0. The van der Waals surface area contributed by atoms with Gasteiger partial charge in [0.1, 0.15) is 0 Å². The molecule has 0 heterocycles. The number of nitrogens with one attached hydrogen (secondary N) is 2. The van der Waals surface area contributed by atoms with Gasteiger partial charge in [-0.3, -0.25) is 9.52 Å². The predicted molar refractivity (Wildman–Crippen MR) is 87.1 cm³/mol. The van der Waals surface area contributed by atoms with Crippen LogP contribution in [-0.4, -0.2) is 20.6 Å². The van der Waals surface area contributed by atoms with E-state index in [9.17, 15) is 22.0 Å². The molecule has 128 valence electrons. The fourth-order valence-corrected chi connectivity index (χ4v) is 2.64. The molecule has 0 aliphatic heterocycles. The van der Waals surface area contributed by atoms with E-state index in [1.807, 2.05) is 0 Å². The van der Waals surface area contributed by atoms with Crippen molar-refractivity contribution in [1.29, 1.82) is 0 Å². The number of carbonyl (C=O) groups excluding carboxylic acids is 1. The molecule has 2 N–H and O–H groups in total. The van der Waals surface area contributed by atoms with E-state index in [-0.39, 0.29) is 11.3 Å². The number of hydrogen-bond donors (Lipinski definition) is 2. The number of sulfonamides is 1. The Hall–Kier alpha value is -2.48. The van der Waals surface area contributed by atoms with Crippen molar-refractivity contribution in [2.24, 2.45) is 0 Å². The molecule has 0 spiro atoms. The second-order valence-electron chi connectivity index (χ2n) is 5.32. The summed E-state index contributed by atoms with van der Waals surface area (Å²) in [5, 5.41) is 2.64. The van der Waals surface area contributed by atoms with E-state index in [4.69, 9.17) is 0 Å². The molecule has 8 heteroatoms. The topological polar surface area (TPSA) is 75.3 Å². The number of amides is 1. The Morgan fingerprint density at radius 3 is 2.42 bits per heavy atom. The van der Waals surface area contributed by atoms with Gasteiger partial charge in [-0.05, 0) is 42.8 Å². The molecule has 0 radical (unpaired) electrons. The third kappa shape index (κ3) is 4.76. The van der Waals surface area contributed by atoms with Crippen LogP contribution >= 0.6 is 0 Å². The second-order valence-corrected chi connectivity index (χ2v) is 7.07. The fraction of sp³-hybridized carbons (Fsp3) is 0.188. The molecule has 0 saturated carbocycles. The average Bonchev–Trinajstić information content (AvgIpc) is 2.48. The number of carbonyl (C=O) groups is 1. The molecule has 1 amide bonds. The smallest absolute Gasteiger partial charge is 0.251 e. The van der Waals surface area contributed by atoms with Crippen LogP contribution in [0.25, 0.3) is 0 Å². The average molecular weight is 354 g/mol. The Kier molecular flexibility index (Phi) is 5.18. The van der Waals surface area contributed by atoms with Gasteiger partial charge >= 0.3 is 0 Å². The van der Waals surface area contributed by atoms with Crippen LogP contribution in [0.4, 0.5) is 14.5 Å². The first-order valence-electron chi connectivity index (χ1n) is 6.99. The highest BCUT2D eigenvalue weighted by molar-refractivity contribution is 7.92. The van der Waals surface area contributed by atoms with E-state index in [0.29, 0.717) is 5.56 Å². The minimum Gasteiger partial charge on any atom is -0.346 e. The van der Waals surface area contributed by atoms with Crippen molar-refractivity contribution >= 4 is 21.6 Å². The largest absolute Gasteiger partial charge is 0.346 e. The highest BCUT2D eigenvalue weighted by Crippen LogP contribution is 2.17. The SMILES string of the molecule is CC(NC(=O)c1cccc(NS(C)(=O)=O)c1)c1ccc(F)c(F)c1. The van der Waals surface area contributed by atoms with Crippen molar-refractivity contribution < 1.29 is 22.0 Å². The zero-order chi connectivity index (χ0) is 17.9. The Labute approximate surface area is 138 Å². The number of hydrogen-bond acceptors (Lipinski definition) is 3. The van der Waals surface area contributed by atoms with Crippen molar-refractivity contribution in [3.05, 3.63) is 65.2 Å². The normalized spacial score (nSPS) is 12.5. The quantitative estimate of drug-likeness (QED) is 0.867. The number of halogens is 2. The molecule has 0 aromatic heterocycles. The van der Waals surface area contributed by atoms with E-state index >= 15 is 0 Å². The molecule has 0 aliphatic carbocycles. The van der Waals surface area contributed by atoms with Gasteiger partial charge in [0.2, 0.25) is 10.0 Å². The maximum Gasteiger partial charge on any atom is 0.251 e. The van der Waals surface area contributed by atoms with Gasteiger partial charge in [-0.25, -0.2) is 17.2 Å².